The number of morpholine rings is 1. The minimum absolute atomic E-state index is 0.0847. The van der Waals surface area contributed by atoms with Crippen molar-refractivity contribution in [2.24, 2.45) is 0 Å². The molecule has 1 aliphatic heterocycles. The summed E-state index contributed by atoms with van der Waals surface area (Å²) in [5.41, 5.74) is -1.45. The zero-order chi connectivity index (χ0) is 32.9. The highest BCUT2D eigenvalue weighted by Gasteiger charge is 2.38. The third-order valence-electron chi connectivity index (χ3n) is 6.63. The van der Waals surface area contributed by atoms with Gasteiger partial charge in [0, 0.05) is 62.6 Å². The highest BCUT2D eigenvalue weighted by molar-refractivity contribution is 7.96. The lowest BCUT2D eigenvalue weighted by Crippen LogP contribution is -2.51. The van der Waals surface area contributed by atoms with Crippen LogP contribution in [0.2, 0.25) is 0 Å². The summed E-state index contributed by atoms with van der Waals surface area (Å²) in [7, 11) is -9.48. The predicted octanol–water partition coefficient (Wildman–Crippen LogP) is 2.91. The zero-order valence-corrected chi connectivity index (χ0v) is 25.5. The Bertz CT molecular complexity index is 1810. The number of anilines is 1. The first kappa shape index (κ1) is 33.3. The zero-order valence-electron chi connectivity index (χ0n) is 23.1. The van der Waals surface area contributed by atoms with E-state index < -0.39 is 55.4 Å². The van der Waals surface area contributed by atoms with Gasteiger partial charge in [0.1, 0.15) is 0 Å². The van der Waals surface area contributed by atoms with Crippen LogP contribution in [0.4, 0.5) is 22.7 Å². The first-order valence-electron chi connectivity index (χ1n) is 12.9. The third-order valence-corrected chi connectivity index (χ3v) is 10.8. The van der Waals surface area contributed by atoms with Crippen LogP contribution in [0.5, 0.6) is 0 Å². The van der Waals surface area contributed by atoms with Gasteiger partial charge in [-0.05, 0) is 48.6 Å². The van der Waals surface area contributed by atoms with Gasteiger partial charge in [0.2, 0.25) is 5.11 Å². The lowest BCUT2D eigenvalue weighted by Gasteiger charge is -2.34. The smallest absolute Gasteiger partial charge is 0.270 e. The Labute approximate surface area is 261 Å². The van der Waals surface area contributed by atoms with Crippen molar-refractivity contribution in [3.05, 3.63) is 103 Å². The lowest BCUT2D eigenvalue weighted by molar-refractivity contribution is -0.385. The first-order chi connectivity index (χ1) is 21.2. The Morgan fingerprint density at radius 2 is 1.11 bits per heavy atom. The number of nitro groups is 3. The van der Waals surface area contributed by atoms with Crippen LogP contribution in [0.1, 0.15) is 0 Å². The molecule has 1 aliphatic rings. The second kappa shape index (κ2) is 13.6. The molecule has 0 radical (unpaired) electrons. The Kier molecular flexibility index (Phi) is 10.0. The summed E-state index contributed by atoms with van der Waals surface area (Å²) >= 11 is 5.56. The van der Waals surface area contributed by atoms with Crippen LogP contribution >= 0.6 is 12.2 Å². The molecule has 0 aliphatic carbocycles. The number of non-ortho nitro benzene ring substituents is 3. The van der Waals surface area contributed by atoms with Gasteiger partial charge in [-0.25, -0.2) is 25.4 Å². The quantitative estimate of drug-likeness (QED) is 0.162. The van der Waals surface area contributed by atoms with E-state index >= 15 is 0 Å². The maximum atomic E-state index is 14.1. The lowest BCUT2D eigenvalue weighted by atomic mass is 10.3. The molecular formula is C25H24N6O11S3. The van der Waals surface area contributed by atoms with Gasteiger partial charge in [-0.1, -0.05) is 0 Å². The fraction of sp³-hybridized carbons (Fsp3) is 0.240. The number of thiocarbonyl (C=S) groups is 1. The molecule has 3 aromatic carbocycles. The van der Waals surface area contributed by atoms with Crippen LogP contribution < -0.4 is 4.31 Å². The van der Waals surface area contributed by atoms with E-state index in [1.807, 2.05) is 4.90 Å². The molecule has 4 rings (SSSR count). The molecule has 0 spiro atoms. The number of sulfonamides is 2. The van der Waals surface area contributed by atoms with E-state index in [4.69, 9.17) is 17.0 Å². The fourth-order valence-electron chi connectivity index (χ4n) is 4.25. The Balaban J connectivity index is 1.85. The van der Waals surface area contributed by atoms with Crippen LogP contribution in [0.3, 0.4) is 0 Å². The molecule has 0 N–H and O–H groups in total. The van der Waals surface area contributed by atoms with Gasteiger partial charge in [0.25, 0.3) is 37.1 Å². The number of nitro benzene ring substituents is 3. The predicted molar refractivity (Wildman–Crippen MR) is 163 cm³/mol. The molecule has 238 valence electrons. The van der Waals surface area contributed by atoms with E-state index in [0.29, 0.717) is 34.9 Å². The highest BCUT2D eigenvalue weighted by atomic mass is 32.2. The van der Waals surface area contributed by atoms with Crippen LogP contribution in [0.25, 0.3) is 0 Å². The number of hydrogen-bond donors (Lipinski definition) is 0. The number of hydrogen-bond acceptors (Lipinski definition) is 13. The second-order valence-electron chi connectivity index (χ2n) is 9.36. The topological polar surface area (TPSA) is 217 Å². The summed E-state index contributed by atoms with van der Waals surface area (Å²) in [6.45, 7) is 1.38. The largest absolute Gasteiger partial charge is 0.379 e. The number of ether oxygens (including phenoxy) is 1. The van der Waals surface area contributed by atoms with Gasteiger partial charge in [-0.15, -0.1) is 0 Å². The summed E-state index contributed by atoms with van der Waals surface area (Å²) in [6.07, 6.45) is 0. The maximum absolute atomic E-state index is 14.1. The summed E-state index contributed by atoms with van der Waals surface area (Å²) < 4.78 is 62.7. The van der Waals surface area contributed by atoms with Crippen molar-refractivity contribution in [3.8, 4) is 0 Å². The normalized spacial score (nSPS) is 14.0. The van der Waals surface area contributed by atoms with E-state index in [1.165, 1.54) is 0 Å². The third kappa shape index (κ3) is 7.37. The first-order valence-corrected chi connectivity index (χ1v) is 16.2. The van der Waals surface area contributed by atoms with Crippen molar-refractivity contribution in [1.29, 1.82) is 0 Å². The van der Waals surface area contributed by atoms with Crippen molar-refractivity contribution in [2.45, 2.75) is 9.79 Å². The Hall–Kier alpha value is -4.63. The summed E-state index contributed by atoms with van der Waals surface area (Å²) in [6, 6.07) is 11.8. The van der Waals surface area contributed by atoms with Crippen LogP contribution in [-0.4, -0.2) is 85.3 Å². The summed E-state index contributed by atoms with van der Waals surface area (Å²) in [5.74, 6) is 0. The summed E-state index contributed by atoms with van der Waals surface area (Å²) in [4.78, 5) is 32.4. The minimum atomic E-state index is -4.81. The fourth-order valence-corrected chi connectivity index (χ4v) is 7.83. The molecule has 45 heavy (non-hydrogen) atoms. The monoisotopic (exact) mass is 680 g/mol. The number of benzene rings is 3. The Morgan fingerprint density at radius 3 is 1.53 bits per heavy atom. The maximum Gasteiger partial charge on any atom is 0.270 e. The van der Waals surface area contributed by atoms with Crippen LogP contribution in [-0.2, 0) is 24.8 Å². The number of nitrogens with zero attached hydrogens (tertiary/aromatic N) is 6. The molecule has 0 amide bonds. The molecular weight excluding hydrogens is 657 g/mol. The molecule has 1 fully saturated rings. The minimum Gasteiger partial charge on any atom is -0.379 e. The van der Waals surface area contributed by atoms with Crippen LogP contribution in [0.15, 0.2) is 82.6 Å². The molecule has 0 aromatic heterocycles. The number of rotatable bonds is 11. The average molecular weight is 681 g/mol. The molecule has 17 nitrogen and oxygen atoms in total. The van der Waals surface area contributed by atoms with Gasteiger partial charge in [0.15, 0.2) is 0 Å². The van der Waals surface area contributed by atoms with Gasteiger partial charge >= 0.3 is 0 Å². The molecule has 0 atom stereocenters. The second-order valence-corrected chi connectivity index (χ2v) is 13.4. The molecule has 1 saturated heterocycles. The molecule has 3 aromatic rings. The Morgan fingerprint density at radius 1 is 0.711 bits per heavy atom. The molecule has 1 heterocycles. The van der Waals surface area contributed by atoms with Crippen molar-refractivity contribution in [1.82, 2.24) is 9.21 Å². The standard InChI is InChI=1S/C25H24N6O11S3/c32-29(33)20-3-1-19(2-4-20)28(45(40,41)24-11-7-22(8-12-24)31(36)37)25(43)27(14-13-26-15-17-42-18-16-26)44(38,39)23-9-5-21(6-10-23)30(34)35/h1-12H,13-18H2. The SMILES string of the molecule is O=[N+]([O-])c1ccc(N(C(=S)N(CCN2CCOCC2)S(=O)(=O)c2ccc([N+](=O)[O-])cc2)S(=O)(=O)c2ccc([N+](=O)[O-])cc2)cc1. The van der Waals surface area contributed by atoms with Crippen molar-refractivity contribution < 1.29 is 36.3 Å². The molecule has 0 saturated carbocycles. The van der Waals surface area contributed by atoms with Gasteiger partial charge in [0.05, 0.1) is 43.5 Å². The van der Waals surface area contributed by atoms with E-state index in [1.54, 1.807) is 0 Å². The highest BCUT2D eigenvalue weighted by Crippen LogP contribution is 2.30. The molecule has 0 unspecified atom stereocenters. The van der Waals surface area contributed by atoms with Crippen molar-refractivity contribution >= 4 is 60.1 Å². The van der Waals surface area contributed by atoms with E-state index in [2.05, 4.69) is 0 Å². The van der Waals surface area contributed by atoms with Crippen LogP contribution in [0, 0.1) is 30.3 Å². The van der Waals surface area contributed by atoms with Gasteiger partial charge in [-0.3, -0.25) is 35.2 Å². The van der Waals surface area contributed by atoms with E-state index in [0.717, 1.165) is 72.8 Å². The van der Waals surface area contributed by atoms with Gasteiger partial charge in [-0.2, -0.15) is 0 Å². The van der Waals surface area contributed by atoms with Crippen molar-refractivity contribution in [3.63, 3.8) is 0 Å². The molecule has 20 heteroatoms. The van der Waals surface area contributed by atoms with Crippen molar-refractivity contribution in [2.75, 3.05) is 43.7 Å². The van der Waals surface area contributed by atoms with Gasteiger partial charge < -0.3 is 4.74 Å². The summed E-state index contributed by atoms with van der Waals surface area (Å²) in [5, 5.41) is 32.8. The average Bonchev–Trinajstić information content (AvgIpc) is 3.02. The molecule has 0 bridgehead atoms. The van der Waals surface area contributed by atoms with E-state index in [9.17, 15) is 47.2 Å². The van der Waals surface area contributed by atoms with E-state index in [-0.39, 0.29) is 30.2 Å².